The number of benzene rings is 1. The SMILES string of the molecule is CNCc1cccc(CCc2nn[nH]n2)c1. The summed E-state index contributed by atoms with van der Waals surface area (Å²) in [5.41, 5.74) is 2.60. The largest absolute Gasteiger partial charge is 0.316 e. The lowest BCUT2D eigenvalue weighted by Crippen LogP contribution is -2.05. The Morgan fingerprint density at radius 1 is 1.25 bits per heavy atom. The monoisotopic (exact) mass is 217 g/mol. The van der Waals surface area contributed by atoms with E-state index in [4.69, 9.17) is 0 Å². The predicted molar refractivity (Wildman–Crippen MR) is 60.8 cm³/mol. The van der Waals surface area contributed by atoms with E-state index < -0.39 is 0 Å². The number of aromatic nitrogens is 4. The van der Waals surface area contributed by atoms with Crippen LogP contribution in [-0.4, -0.2) is 27.7 Å². The molecule has 0 bridgehead atoms. The highest BCUT2D eigenvalue weighted by Gasteiger charge is 2.00. The van der Waals surface area contributed by atoms with E-state index in [2.05, 4.69) is 50.2 Å². The van der Waals surface area contributed by atoms with Crippen LogP contribution < -0.4 is 5.32 Å². The lowest BCUT2D eigenvalue weighted by molar-refractivity contribution is 0.811. The van der Waals surface area contributed by atoms with Crippen LogP contribution >= 0.6 is 0 Å². The molecule has 84 valence electrons. The van der Waals surface area contributed by atoms with Gasteiger partial charge in [0, 0.05) is 13.0 Å². The number of aromatic amines is 1. The van der Waals surface area contributed by atoms with E-state index >= 15 is 0 Å². The molecule has 1 heterocycles. The van der Waals surface area contributed by atoms with Crippen LogP contribution in [0.5, 0.6) is 0 Å². The van der Waals surface area contributed by atoms with E-state index in [1.165, 1.54) is 11.1 Å². The summed E-state index contributed by atoms with van der Waals surface area (Å²) in [6, 6.07) is 8.53. The molecule has 0 radical (unpaired) electrons. The van der Waals surface area contributed by atoms with Gasteiger partial charge >= 0.3 is 0 Å². The standard InChI is InChI=1S/C11H15N5/c1-12-8-10-4-2-3-9(7-10)5-6-11-13-15-16-14-11/h2-4,7,12H,5-6,8H2,1H3,(H,13,14,15,16). The molecule has 0 spiro atoms. The zero-order chi connectivity index (χ0) is 11.2. The van der Waals surface area contributed by atoms with Crippen LogP contribution in [0.4, 0.5) is 0 Å². The van der Waals surface area contributed by atoms with Crippen molar-refractivity contribution in [3.63, 3.8) is 0 Å². The first-order valence-corrected chi connectivity index (χ1v) is 5.33. The van der Waals surface area contributed by atoms with Crippen LogP contribution in [0.2, 0.25) is 0 Å². The quantitative estimate of drug-likeness (QED) is 0.774. The molecule has 0 atom stereocenters. The highest BCUT2D eigenvalue weighted by Crippen LogP contribution is 2.07. The number of hydrogen-bond acceptors (Lipinski definition) is 4. The van der Waals surface area contributed by atoms with Gasteiger partial charge in [-0.05, 0) is 24.6 Å². The van der Waals surface area contributed by atoms with Crippen molar-refractivity contribution in [2.45, 2.75) is 19.4 Å². The summed E-state index contributed by atoms with van der Waals surface area (Å²) >= 11 is 0. The summed E-state index contributed by atoms with van der Waals surface area (Å²) in [7, 11) is 1.95. The van der Waals surface area contributed by atoms with E-state index in [-0.39, 0.29) is 0 Å². The maximum atomic E-state index is 3.93. The molecule has 0 fully saturated rings. The first kappa shape index (κ1) is 10.8. The normalized spacial score (nSPS) is 10.6. The van der Waals surface area contributed by atoms with Crippen LogP contribution in [0.25, 0.3) is 0 Å². The summed E-state index contributed by atoms with van der Waals surface area (Å²) < 4.78 is 0. The van der Waals surface area contributed by atoms with Crippen LogP contribution in [0, 0.1) is 0 Å². The summed E-state index contributed by atoms with van der Waals surface area (Å²) in [4.78, 5) is 0. The highest BCUT2D eigenvalue weighted by molar-refractivity contribution is 5.23. The van der Waals surface area contributed by atoms with Gasteiger partial charge in [-0.2, -0.15) is 5.21 Å². The molecule has 16 heavy (non-hydrogen) atoms. The van der Waals surface area contributed by atoms with E-state index in [9.17, 15) is 0 Å². The second kappa shape index (κ2) is 5.37. The second-order valence-corrected chi connectivity index (χ2v) is 3.68. The van der Waals surface area contributed by atoms with Gasteiger partial charge in [-0.1, -0.05) is 29.5 Å². The van der Waals surface area contributed by atoms with Gasteiger partial charge in [0.1, 0.15) is 0 Å². The Hall–Kier alpha value is -1.75. The first-order valence-electron chi connectivity index (χ1n) is 5.33. The Kier molecular flexibility index (Phi) is 3.61. The lowest BCUT2D eigenvalue weighted by Gasteiger charge is -2.03. The Morgan fingerprint density at radius 2 is 2.12 bits per heavy atom. The number of H-pyrrole nitrogens is 1. The molecule has 2 N–H and O–H groups in total. The van der Waals surface area contributed by atoms with Crippen LogP contribution in [0.3, 0.4) is 0 Å². The molecule has 0 unspecified atom stereocenters. The molecule has 5 nitrogen and oxygen atoms in total. The Balaban J connectivity index is 1.96. The summed E-state index contributed by atoms with van der Waals surface area (Å²) in [5, 5.41) is 17.0. The van der Waals surface area contributed by atoms with Crippen molar-refractivity contribution in [1.29, 1.82) is 0 Å². The van der Waals surface area contributed by atoms with Crippen molar-refractivity contribution in [2.24, 2.45) is 0 Å². The van der Waals surface area contributed by atoms with Gasteiger partial charge in [-0.25, -0.2) is 0 Å². The average molecular weight is 217 g/mol. The number of nitrogens with zero attached hydrogens (tertiary/aromatic N) is 3. The number of hydrogen-bond donors (Lipinski definition) is 2. The van der Waals surface area contributed by atoms with Gasteiger partial charge in [-0.15, -0.1) is 10.2 Å². The minimum Gasteiger partial charge on any atom is -0.316 e. The third-order valence-electron chi connectivity index (χ3n) is 2.40. The Labute approximate surface area is 94.3 Å². The molecule has 5 heteroatoms. The van der Waals surface area contributed by atoms with E-state index in [1.807, 2.05) is 7.05 Å². The van der Waals surface area contributed by atoms with Gasteiger partial charge < -0.3 is 5.32 Å². The lowest BCUT2D eigenvalue weighted by atomic mass is 10.1. The highest BCUT2D eigenvalue weighted by atomic mass is 15.5. The molecule has 2 rings (SSSR count). The van der Waals surface area contributed by atoms with Gasteiger partial charge in [0.15, 0.2) is 5.82 Å². The minimum absolute atomic E-state index is 0.763. The molecule has 1 aromatic carbocycles. The molecule has 1 aromatic heterocycles. The van der Waals surface area contributed by atoms with Crippen molar-refractivity contribution in [3.8, 4) is 0 Å². The fourth-order valence-electron chi connectivity index (χ4n) is 1.64. The van der Waals surface area contributed by atoms with Crippen molar-refractivity contribution in [1.82, 2.24) is 25.9 Å². The number of aryl methyl sites for hydroxylation is 2. The second-order valence-electron chi connectivity index (χ2n) is 3.68. The molecule has 0 aliphatic carbocycles. The number of nitrogens with one attached hydrogen (secondary N) is 2. The average Bonchev–Trinajstić information content (AvgIpc) is 2.80. The van der Waals surface area contributed by atoms with Crippen molar-refractivity contribution in [2.75, 3.05) is 7.05 Å². The molecular formula is C11H15N5. The third-order valence-corrected chi connectivity index (χ3v) is 2.40. The fraction of sp³-hybridized carbons (Fsp3) is 0.364. The van der Waals surface area contributed by atoms with Gasteiger partial charge in [0.25, 0.3) is 0 Å². The minimum atomic E-state index is 0.763. The maximum Gasteiger partial charge on any atom is 0.174 e. The summed E-state index contributed by atoms with van der Waals surface area (Å²) in [5.74, 6) is 0.763. The molecule has 0 aliphatic rings. The van der Waals surface area contributed by atoms with Gasteiger partial charge in [-0.3, -0.25) is 0 Å². The summed E-state index contributed by atoms with van der Waals surface area (Å²) in [6.45, 7) is 0.899. The van der Waals surface area contributed by atoms with Crippen molar-refractivity contribution < 1.29 is 0 Å². The van der Waals surface area contributed by atoms with E-state index in [0.717, 1.165) is 25.2 Å². The van der Waals surface area contributed by atoms with E-state index in [0.29, 0.717) is 0 Å². The van der Waals surface area contributed by atoms with Crippen LogP contribution in [0.15, 0.2) is 24.3 Å². The molecule has 0 aliphatic heterocycles. The smallest absolute Gasteiger partial charge is 0.174 e. The van der Waals surface area contributed by atoms with E-state index in [1.54, 1.807) is 0 Å². The molecule has 2 aromatic rings. The van der Waals surface area contributed by atoms with Gasteiger partial charge in [0.05, 0.1) is 0 Å². The Bertz CT molecular complexity index is 424. The predicted octanol–water partition coefficient (Wildman–Crippen LogP) is 0.704. The fourth-order valence-corrected chi connectivity index (χ4v) is 1.64. The first-order chi connectivity index (χ1) is 7.88. The Morgan fingerprint density at radius 3 is 2.88 bits per heavy atom. The molecule has 0 saturated heterocycles. The number of rotatable bonds is 5. The molecule has 0 amide bonds. The number of tetrazole rings is 1. The van der Waals surface area contributed by atoms with Crippen molar-refractivity contribution in [3.05, 3.63) is 41.2 Å². The zero-order valence-electron chi connectivity index (χ0n) is 9.27. The zero-order valence-corrected chi connectivity index (χ0v) is 9.27. The topological polar surface area (TPSA) is 66.5 Å². The molecule has 0 saturated carbocycles. The van der Waals surface area contributed by atoms with Crippen LogP contribution in [-0.2, 0) is 19.4 Å². The van der Waals surface area contributed by atoms with Gasteiger partial charge in [0.2, 0.25) is 0 Å². The van der Waals surface area contributed by atoms with Crippen LogP contribution in [0.1, 0.15) is 17.0 Å². The summed E-state index contributed by atoms with van der Waals surface area (Å²) in [6.07, 6.45) is 1.76. The van der Waals surface area contributed by atoms with Crippen molar-refractivity contribution >= 4 is 0 Å². The molecular weight excluding hydrogens is 202 g/mol. The maximum absolute atomic E-state index is 3.93. The third kappa shape index (κ3) is 2.87.